The number of nitrogens with zero attached hydrogens (tertiary/aromatic N) is 1. The molecule has 2 aromatic rings. The van der Waals surface area contributed by atoms with E-state index in [1.807, 2.05) is 0 Å². The highest BCUT2D eigenvalue weighted by molar-refractivity contribution is 5.87. The maximum Gasteiger partial charge on any atom is 0.416 e. The number of carbonyl (C=O) groups excluding carboxylic acids is 1. The van der Waals surface area contributed by atoms with Crippen LogP contribution in [0.2, 0.25) is 0 Å². The number of amides is 1. The average molecular weight is 461 g/mol. The van der Waals surface area contributed by atoms with Gasteiger partial charge >= 0.3 is 12.1 Å². The number of benzene rings is 2. The third kappa shape index (κ3) is 6.92. The predicted molar refractivity (Wildman–Crippen MR) is 117 cm³/mol. The number of aromatic carboxylic acids is 1. The zero-order chi connectivity index (χ0) is 24.0. The normalized spacial score (nSPS) is 18.0. The van der Waals surface area contributed by atoms with Crippen LogP contribution in [0.5, 0.6) is 0 Å². The monoisotopic (exact) mass is 461 g/mol. The minimum atomic E-state index is -4.44. The second-order valence-corrected chi connectivity index (χ2v) is 8.15. The van der Waals surface area contributed by atoms with Gasteiger partial charge in [-0.05, 0) is 48.6 Å². The highest BCUT2D eigenvalue weighted by Crippen LogP contribution is 2.30. The number of aliphatic hydroxyl groups excluding tert-OH is 1. The van der Waals surface area contributed by atoms with E-state index in [9.17, 15) is 27.9 Å². The maximum atomic E-state index is 12.9. The molecule has 1 heterocycles. The zero-order valence-electron chi connectivity index (χ0n) is 18.0. The van der Waals surface area contributed by atoms with Gasteiger partial charge in [-0.2, -0.15) is 13.2 Å². The van der Waals surface area contributed by atoms with Gasteiger partial charge in [0.05, 0.1) is 23.3 Å². The second-order valence-electron chi connectivity index (χ2n) is 8.15. The molecule has 1 aliphatic rings. The van der Waals surface area contributed by atoms with Crippen molar-refractivity contribution in [3.8, 4) is 0 Å². The topological polar surface area (TPSA) is 77.8 Å². The molecule has 0 spiro atoms. The molecule has 2 N–H and O–H groups in total. The molecule has 1 amide bonds. The molecule has 0 saturated carbocycles. The summed E-state index contributed by atoms with van der Waals surface area (Å²) in [5.74, 6) is -0.993. The number of halogens is 3. The smallest absolute Gasteiger partial charge is 0.416 e. The molecule has 0 aliphatic carbocycles. The van der Waals surface area contributed by atoms with E-state index >= 15 is 0 Å². The molecule has 2 unspecified atom stereocenters. The van der Waals surface area contributed by atoms with Crippen molar-refractivity contribution in [2.75, 3.05) is 6.54 Å². The summed E-state index contributed by atoms with van der Waals surface area (Å²) in [5.41, 5.74) is 0.731. The van der Waals surface area contributed by atoms with E-state index < -0.39 is 23.8 Å². The molecule has 0 aromatic heterocycles. The minimum absolute atomic E-state index is 0.00502. The number of hydrogen-bond donors (Lipinski definition) is 2. The molecule has 2 aromatic carbocycles. The van der Waals surface area contributed by atoms with Crippen LogP contribution in [0.15, 0.2) is 60.7 Å². The zero-order valence-corrected chi connectivity index (χ0v) is 18.0. The maximum absolute atomic E-state index is 12.9. The Bertz CT molecular complexity index is 1000. The van der Waals surface area contributed by atoms with Gasteiger partial charge in [0.15, 0.2) is 0 Å². The van der Waals surface area contributed by atoms with Gasteiger partial charge in [0.1, 0.15) is 0 Å². The van der Waals surface area contributed by atoms with Crippen LogP contribution in [0, 0.1) is 0 Å². The molecule has 33 heavy (non-hydrogen) atoms. The number of rotatable bonds is 8. The van der Waals surface area contributed by atoms with E-state index in [1.165, 1.54) is 24.3 Å². The van der Waals surface area contributed by atoms with Crippen LogP contribution in [0.1, 0.15) is 46.3 Å². The van der Waals surface area contributed by atoms with E-state index in [4.69, 9.17) is 5.11 Å². The van der Waals surface area contributed by atoms with Crippen molar-refractivity contribution in [1.82, 2.24) is 4.90 Å². The van der Waals surface area contributed by atoms with Crippen LogP contribution in [0.4, 0.5) is 13.2 Å². The molecule has 0 radical (unpaired) electrons. The molecule has 3 rings (SSSR count). The quantitative estimate of drug-likeness (QED) is 0.568. The van der Waals surface area contributed by atoms with Crippen LogP contribution < -0.4 is 0 Å². The van der Waals surface area contributed by atoms with Crippen LogP contribution in [0.25, 0.3) is 0 Å². The first-order chi connectivity index (χ1) is 15.6. The third-order valence-corrected chi connectivity index (χ3v) is 5.71. The number of piperidine rings is 1. The number of aliphatic hydroxyl groups is 1. The van der Waals surface area contributed by atoms with Crippen molar-refractivity contribution < 1.29 is 33.0 Å². The highest BCUT2D eigenvalue weighted by atomic mass is 19.4. The van der Waals surface area contributed by atoms with E-state index in [-0.39, 0.29) is 23.9 Å². The largest absolute Gasteiger partial charge is 0.478 e. The predicted octanol–water partition coefficient (Wildman–Crippen LogP) is 4.49. The fourth-order valence-electron chi connectivity index (χ4n) is 3.94. The standard InChI is InChI=1S/C25H26F3NO4/c26-25(27,28)20-4-1-3-18(15-20)16-22(30)12-11-21-5-2-6-23(31)29(21)14-13-17-7-9-19(10-8-17)24(32)33/h1,3-4,7-12,15,21-22,30H,2,5-6,13-14,16H2,(H,32,33)/b12-11+. The lowest BCUT2D eigenvalue weighted by molar-refractivity contribution is -0.137. The summed E-state index contributed by atoms with van der Waals surface area (Å²) in [4.78, 5) is 25.2. The molecular weight excluding hydrogens is 435 g/mol. The Balaban J connectivity index is 1.61. The van der Waals surface area contributed by atoms with Crippen molar-refractivity contribution in [2.24, 2.45) is 0 Å². The first kappa shape index (κ1) is 24.5. The Hall–Kier alpha value is -3.13. The summed E-state index contributed by atoms with van der Waals surface area (Å²) in [6.45, 7) is 0.448. The van der Waals surface area contributed by atoms with Crippen molar-refractivity contribution in [3.63, 3.8) is 0 Å². The van der Waals surface area contributed by atoms with E-state index in [0.717, 1.165) is 30.5 Å². The summed E-state index contributed by atoms with van der Waals surface area (Å²) in [6.07, 6.45) is 0.373. The number of likely N-dealkylation sites (tertiary alicyclic amines) is 1. The molecular formula is C25H26F3NO4. The summed E-state index contributed by atoms with van der Waals surface area (Å²) in [6, 6.07) is 11.2. The van der Waals surface area contributed by atoms with Gasteiger partial charge in [-0.3, -0.25) is 4.79 Å². The fourth-order valence-corrected chi connectivity index (χ4v) is 3.94. The Labute approximate surface area is 190 Å². The fraction of sp³-hybridized carbons (Fsp3) is 0.360. The van der Waals surface area contributed by atoms with Crippen molar-refractivity contribution in [3.05, 3.63) is 82.9 Å². The SMILES string of the molecule is O=C(O)c1ccc(CCN2C(=O)CCCC2/C=C/C(O)Cc2cccc(C(F)(F)F)c2)cc1. The number of carboxylic acids is 1. The Morgan fingerprint density at radius 1 is 1.15 bits per heavy atom. The van der Waals surface area contributed by atoms with Gasteiger partial charge < -0.3 is 15.1 Å². The minimum Gasteiger partial charge on any atom is -0.478 e. The van der Waals surface area contributed by atoms with Gasteiger partial charge in [-0.1, -0.05) is 42.5 Å². The number of carboxylic acid groups (broad SMARTS) is 1. The van der Waals surface area contributed by atoms with Gasteiger partial charge in [-0.25, -0.2) is 4.79 Å². The Morgan fingerprint density at radius 2 is 1.88 bits per heavy atom. The molecule has 0 bridgehead atoms. The molecule has 2 atom stereocenters. The Kier molecular flexibility index (Phi) is 7.92. The van der Waals surface area contributed by atoms with Crippen molar-refractivity contribution in [1.29, 1.82) is 0 Å². The molecule has 1 fully saturated rings. The van der Waals surface area contributed by atoms with E-state index in [1.54, 1.807) is 29.2 Å². The number of carbonyl (C=O) groups is 2. The van der Waals surface area contributed by atoms with E-state index in [0.29, 0.717) is 24.9 Å². The summed E-state index contributed by atoms with van der Waals surface area (Å²) < 4.78 is 38.7. The molecule has 1 aliphatic heterocycles. The number of hydrogen-bond acceptors (Lipinski definition) is 3. The molecule has 8 heteroatoms. The van der Waals surface area contributed by atoms with Gasteiger partial charge in [0, 0.05) is 19.4 Å². The summed E-state index contributed by atoms with van der Waals surface area (Å²) in [7, 11) is 0. The molecule has 5 nitrogen and oxygen atoms in total. The van der Waals surface area contributed by atoms with Crippen molar-refractivity contribution >= 4 is 11.9 Å². The molecule has 1 saturated heterocycles. The van der Waals surface area contributed by atoms with Gasteiger partial charge in [0.25, 0.3) is 0 Å². The van der Waals surface area contributed by atoms with Gasteiger partial charge in [0.2, 0.25) is 5.91 Å². The van der Waals surface area contributed by atoms with Crippen LogP contribution in [-0.2, 0) is 23.8 Å². The number of alkyl halides is 3. The van der Waals surface area contributed by atoms with Crippen LogP contribution >= 0.6 is 0 Å². The lowest BCUT2D eigenvalue weighted by Crippen LogP contribution is -2.43. The average Bonchev–Trinajstić information content (AvgIpc) is 2.77. The first-order valence-electron chi connectivity index (χ1n) is 10.8. The van der Waals surface area contributed by atoms with Gasteiger partial charge in [-0.15, -0.1) is 0 Å². The van der Waals surface area contributed by atoms with Crippen LogP contribution in [-0.4, -0.2) is 45.7 Å². The third-order valence-electron chi connectivity index (χ3n) is 5.71. The van der Waals surface area contributed by atoms with Crippen molar-refractivity contribution in [2.45, 2.75) is 50.4 Å². The summed E-state index contributed by atoms with van der Waals surface area (Å²) >= 11 is 0. The first-order valence-corrected chi connectivity index (χ1v) is 10.8. The van der Waals surface area contributed by atoms with Crippen LogP contribution in [0.3, 0.4) is 0 Å². The van der Waals surface area contributed by atoms with E-state index in [2.05, 4.69) is 0 Å². The molecule has 176 valence electrons. The second kappa shape index (κ2) is 10.7. The summed E-state index contributed by atoms with van der Waals surface area (Å²) in [5, 5.41) is 19.3. The Morgan fingerprint density at radius 3 is 2.55 bits per heavy atom. The lowest BCUT2D eigenvalue weighted by Gasteiger charge is -2.34. The highest BCUT2D eigenvalue weighted by Gasteiger charge is 2.30. The lowest BCUT2D eigenvalue weighted by atomic mass is 9.98.